The minimum atomic E-state index is -1.04. The lowest BCUT2D eigenvalue weighted by Crippen LogP contribution is -2.56. The van der Waals surface area contributed by atoms with Gasteiger partial charge in [-0.15, -0.1) is 0 Å². The lowest BCUT2D eigenvalue weighted by atomic mass is 9.47. The molecule has 4 amide bonds. The normalized spacial score (nSPS) is 25.2. The molecule has 3 saturated carbocycles. The maximum absolute atomic E-state index is 14.6. The van der Waals surface area contributed by atoms with E-state index in [4.69, 9.17) is 19.9 Å². The van der Waals surface area contributed by atoms with Crippen molar-refractivity contribution < 1.29 is 43.1 Å². The molecule has 3 fully saturated rings. The number of carbonyl (C=O) groups excluding carboxylic acids is 5. The first kappa shape index (κ1) is 58.9. The van der Waals surface area contributed by atoms with Crippen LogP contribution in [0, 0.1) is 68.3 Å². The SMILES string of the molecule is CC(C)CCC[C@@H](C)[C@H]1CCC2C3CC=C4C[C@@H](OCCCNC(=O)CCC(=O)N[C@@H](CC(C)C)C(=O)N(c5ccc(COC(=O)Oc6ccc([N+](=O)[O-])cc6)cc5)[C@@H](CC(C)C)C(N)=O)CC[C@]4(C)C3CC[C@@]21C. The summed E-state index contributed by atoms with van der Waals surface area (Å²) in [6.07, 6.45) is 16.9. The third kappa shape index (κ3) is 15.4. The molecule has 15 heteroatoms. The number of allylic oxidation sites excluding steroid dienone is 1. The molecule has 4 N–H and O–H groups in total. The van der Waals surface area contributed by atoms with Crippen molar-refractivity contribution in [2.24, 2.45) is 63.9 Å². The third-order valence-corrected chi connectivity index (χ3v) is 17.6. The van der Waals surface area contributed by atoms with Crippen molar-refractivity contribution in [1.29, 1.82) is 0 Å². The van der Waals surface area contributed by atoms with Crippen molar-refractivity contribution in [2.45, 2.75) is 190 Å². The van der Waals surface area contributed by atoms with Crippen LogP contribution in [0.4, 0.5) is 16.2 Å². The molecule has 3 unspecified atom stereocenters. The molecule has 4 aliphatic rings. The number of non-ortho nitro benzene ring substituents is 1. The molecule has 15 nitrogen and oxygen atoms in total. The number of rotatable bonds is 26. The van der Waals surface area contributed by atoms with Gasteiger partial charge in [0.15, 0.2) is 0 Å². The Morgan fingerprint density at radius 3 is 2.16 bits per heavy atom. The molecule has 4 aliphatic carbocycles. The number of ether oxygens (including phenoxy) is 3. The topological polar surface area (TPSA) is 210 Å². The average Bonchev–Trinajstić information content (AvgIpc) is 3.72. The number of anilines is 1. The molecular formula is C60H89N5O10. The summed E-state index contributed by atoms with van der Waals surface area (Å²) in [5, 5.41) is 16.7. The second-order valence-electron chi connectivity index (χ2n) is 24.3. The van der Waals surface area contributed by atoms with Gasteiger partial charge in [-0.25, -0.2) is 4.79 Å². The highest BCUT2D eigenvalue weighted by molar-refractivity contribution is 6.04. The summed E-state index contributed by atoms with van der Waals surface area (Å²) in [7, 11) is 0. The first-order chi connectivity index (χ1) is 35.6. The monoisotopic (exact) mass is 1040 g/mol. The molecule has 6 rings (SSSR count). The van der Waals surface area contributed by atoms with E-state index < -0.39 is 40.9 Å². The van der Waals surface area contributed by atoms with Gasteiger partial charge < -0.3 is 30.6 Å². The Labute approximate surface area is 446 Å². The molecule has 0 spiro atoms. The molecule has 0 radical (unpaired) electrons. The van der Waals surface area contributed by atoms with Crippen LogP contribution in [0.5, 0.6) is 5.75 Å². The number of hydrogen-bond donors (Lipinski definition) is 3. The molecule has 2 aromatic rings. The van der Waals surface area contributed by atoms with Crippen molar-refractivity contribution in [1.82, 2.24) is 10.6 Å². The van der Waals surface area contributed by atoms with E-state index in [1.165, 1.54) is 87.0 Å². The van der Waals surface area contributed by atoms with E-state index in [1.54, 1.807) is 29.8 Å². The molecule has 414 valence electrons. The zero-order valence-electron chi connectivity index (χ0n) is 46.5. The lowest BCUT2D eigenvalue weighted by molar-refractivity contribution is -0.384. The summed E-state index contributed by atoms with van der Waals surface area (Å²) in [6, 6.07) is 9.37. The predicted molar refractivity (Wildman–Crippen MR) is 291 cm³/mol. The number of nitrogens with zero attached hydrogens (tertiary/aromatic N) is 2. The minimum absolute atomic E-state index is 0.0199. The Hall–Kier alpha value is -5.31. The van der Waals surface area contributed by atoms with Crippen LogP contribution in [0.2, 0.25) is 0 Å². The Morgan fingerprint density at radius 2 is 1.51 bits per heavy atom. The fraction of sp³-hybridized carbons (Fsp3) is 0.683. The van der Waals surface area contributed by atoms with Crippen molar-refractivity contribution in [3.63, 3.8) is 0 Å². The van der Waals surface area contributed by atoms with Gasteiger partial charge in [-0.3, -0.25) is 34.2 Å². The summed E-state index contributed by atoms with van der Waals surface area (Å²) in [4.78, 5) is 78.1. The van der Waals surface area contributed by atoms with Gasteiger partial charge in [0.2, 0.25) is 23.6 Å². The number of hydrogen-bond acceptors (Lipinski definition) is 10. The van der Waals surface area contributed by atoms with Crippen LogP contribution in [0.25, 0.3) is 0 Å². The average molecular weight is 1040 g/mol. The standard InChI is InChI=1S/C60H89N5O10/c1-38(2)12-10-13-41(7)49-24-25-50-48-23-16-43-36-47(28-30-59(43,8)51(48)29-31-60(49,50)9)73-33-11-32-62-54(66)26-27-55(67)63-52(34-39(3)4)57(69)64(53(56(61)68)35-40(5)6)44-17-14-42(15-18-44)37-74-58(70)75-46-21-19-45(20-22-46)65(71)72/h14-22,38-41,47-53H,10-13,23-37H2,1-9H3,(H2,61,68)(H,62,66)(H,63,67)/t41-,47+,48?,49-,50?,51?,52+,53+,59+,60-/m1/s1. The van der Waals surface area contributed by atoms with E-state index in [0.29, 0.717) is 36.2 Å². The first-order valence-electron chi connectivity index (χ1n) is 28.3. The zero-order chi connectivity index (χ0) is 54.6. The van der Waals surface area contributed by atoms with Gasteiger partial charge in [0.25, 0.3) is 5.69 Å². The van der Waals surface area contributed by atoms with E-state index in [1.807, 2.05) is 27.7 Å². The zero-order valence-corrected chi connectivity index (χ0v) is 46.5. The highest BCUT2D eigenvalue weighted by atomic mass is 16.7. The summed E-state index contributed by atoms with van der Waals surface area (Å²) in [5.74, 6) is 2.94. The minimum Gasteiger partial charge on any atom is -0.429 e. The molecule has 10 atom stereocenters. The van der Waals surface area contributed by atoms with Gasteiger partial charge in [0, 0.05) is 43.8 Å². The van der Waals surface area contributed by atoms with Crippen LogP contribution in [0.3, 0.4) is 0 Å². The Kier molecular flexibility index (Phi) is 20.9. The first-order valence-corrected chi connectivity index (χ1v) is 28.3. The summed E-state index contributed by atoms with van der Waals surface area (Å²) >= 11 is 0. The van der Waals surface area contributed by atoms with Crippen LogP contribution < -0.4 is 26.0 Å². The number of nitrogens with two attached hydrogens (primary N) is 1. The van der Waals surface area contributed by atoms with E-state index >= 15 is 0 Å². The molecule has 0 aromatic heterocycles. The highest BCUT2D eigenvalue weighted by Gasteiger charge is 2.59. The second-order valence-corrected chi connectivity index (χ2v) is 24.3. The second kappa shape index (κ2) is 26.6. The molecule has 2 aromatic carbocycles. The van der Waals surface area contributed by atoms with Gasteiger partial charge >= 0.3 is 6.16 Å². The van der Waals surface area contributed by atoms with E-state index in [9.17, 15) is 34.1 Å². The smallest absolute Gasteiger partial charge is 0.429 e. The largest absolute Gasteiger partial charge is 0.514 e. The quantitative estimate of drug-likeness (QED) is 0.0203. The van der Waals surface area contributed by atoms with Crippen LogP contribution in [0.1, 0.15) is 171 Å². The fourth-order valence-corrected chi connectivity index (χ4v) is 13.7. The summed E-state index contributed by atoms with van der Waals surface area (Å²) in [6.45, 7) is 20.9. The number of carbonyl (C=O) groups is 5. The fourth-order valence-electron chi connectivity index (χ4n) is 13.7. The Bertz CT molecular complexity index is 2300. The number of amides is 4. The Balaban J connectivity index is 0.953. The number of nitro groups is 1. The third-order valence-electron chi connectivity index (χ3n) is 17.6. The van der Waals surface area contributed by atoms with Crippen LogP contribution in [0.15, 0.2) is 60.2 Å². The molecule has 0 bridgehead atoms. The number of nitro benzene ring substituents is 1. The van der Waals surface area contributed by atoms with Crippen LogP contribution in [-0.4, -0.2) is 66.0 Å². The van der Waals surface area contributed by atoms with Gasteiger partial charge in [-0.2, -0.15) is 0 Å². The number of fused-ring (bicyclic) bond motifs is 5. The predicted octanol–water partition coefficient (Wildman–Crippen LogP) is 11.8. The summed E-state index contributed by atoms with van der Waals surface area (Å²) in [5.41, 5.74) is 9.04. The van der Waals surface area contributed by atoms with E-state index in [-0.39, 0.29) is 73.0 Å². The van der Waals surface area contributed by atoms with E-state index in [0.717, 1.165) is 48.3 Å². The van der Waals surface area contributed by atoms with Crippen molar-refractivity contribution in [3.8, 4) is 5.75 Å². The molecule has 0 heterocycles. The van der Waals surface area contributed by atoms with Gasteiger partial charge in [-0.05, 0) is 159 Å². The summed E-state index contributed by atoms with van der Waals surface area (Å²) < 4.78 is 16.8. The van der Waals surface area contributed by atoms with Crippen molar-refractivity contribution in [2.75, 3.05) is 18.1 Å². The number of primary amides is 1. The molecule has 0 aliphatic heterocycles. The maximum atomic E-state index is 14.6. The molecule has 0 saturated heterocycles. The molecular weight excluding hydrogens is 951 g/mol. The van der Waals surface area contributed by atoms with Crippen molar-refractivity contribution >= 4 is 41.2 Å². The number of nitrogens with one attached hydrogen (secondary N) is 2. The van der Waals surface area contributed by atoms with Crippen LogP contribution in [-0.2, 0) is 35.3 Å². The Morgan fingerprint density at radius 1 is 0.813 bits per heavy atom. The number of benzene rings is 2. The van der Waals surface area contributed by atoms with E-state index in [2.05, 4.69) is 51.3 Å². The lowest BCUT2D eigenvalue weighted by Gasteiger charge is -2.58. The van der Waals surface area contributed by atoms with Gasteiger partial charge in [0.05, 0.1) is 11.0 Å². The van der Waals surface area contributed by atoms with Crippen molar-refractivity contribution in [3.05, 3.63) is 75.9 Å². The van der Waals surface area contributed by atoms with Crippen LogP contribution >= 0.6 is 0 Å². The highest BCUT2D eigenvalue weighted by Crippen LogP contribution is 2.67. The molecule has 75 heavy (non-hydrogen) atoms. The van der Waals surface area contributed by atoms with Gasteiger partial charge in [0.1, 0.15) is 24.4 Å². The van der Waals surface area contributed by atoms with Gasteiger partial charge in [-0.1, -0.05) is 105 Å². The maximum Gasteiger partial charge on any atom is 0.514 e.